The standard InChI is InChI=1S/C14H16F2N2OS/c1-8-7-20-14(18-8)9(2)17-6-13(19)11-4-3-10(15)5-12(11)16/h3-5,7,9,13,17,19H,6H2,1-2H3. The summed E-state index contributed by atoms with van der Waals surface area (Å²) in [6.45, 7) is 4.00. The first-order chi connectivity index (χ1) is 9.47. The molecule has 108 valence electrons. The summed E-state index contributed by atoms with van der Waals surface area (Å²) < 4.78 is 26.3. The molecule has 0 saturated heterocycles. The highest BCUT2D eigenvalue weighted by molar-refractivity contribution is 7.09. The van der Waals surface area contributed by atoms with Crippen molar-refractivity contribution < 1.29 is 13.9 Å². The molecule has 2 rings (SSSR count). The lowest BCUT2D eigenvalue weighted by Gasteiger charge is -2.16. The number of aryl methyl sites for hydroxylation is 1. The fourth-order valence-corrected chi connectivity index (χ4v) is 2.66. The molecular formula is C14H16F2N2OS. The third-order valence-electron chi connectivity index (χ3n) is 2.95. The maximum absolute atomic E-state index is 13.5. The molecule has 0 bridgehead atoms. The number of aromatic nitrogens is 1. The van der Waals surface area contributed by atoms with Crippen LogP contribution in [0.15, 0.2) is 23.6 Å². The fraction of sp³-hybridized carbons (Fsp3) is 0.357. The van der Waals surface area contributed by atoms with Crippen LogP contribution in [0, 0.1) is 18.6 Å². The number of benzene rings is 1. The van der Waals surface area contributed by atoms with Crippen LogP contribution < -0.4 is 5.32 Å². The Morgan fingerprint density at radius 3 is 2.75 bits per heavy atom. The summed E-state index contributed by atoms with van der Waals surface area (Å²) >= 11 is 1.53. The second-order valence-corrected chi connectivity index (χ2v) is 5.53. The van der Waals surface area contributed by atoms with Crippen molar-refractivity contribution in [2.45, 2.75) is 26.0 Å². The topological polar surface area (TPSA) is 45.1 Å². The molecule has 2 unspecified atom stereocenters. The lowest BCUT2D eigenvalue weighted by atomic mass is 10.1. The molecule has 1 aromatic carbocycles. The van der Waals surface area contributed by atoms with Gasteiger partial charge in [0, 0.05) is 29.2 Å². The Kier molecular flexibility index (Phi) is 4.80. The molecule has 0 fully saturated rings. The van der Waals surface area contributed by atoms with Crippen molar-refractivity contribution in [3.05, 3.63) is 51.5 Å². The maximum Gasteiger partial charge on any atom is 0.131 e. The molecule has 0 spiro atoms. The summed E-state index contributed by atoms with van der Waals surface area (Å²) in [5.41, 5.74) is 1.03. The molecule has 0 amide bonds. The highest BCUT2D eigenvalue weighted by Crippen LogP contribution is 2.20. The van der Waals surface area contributed by atoms with Gasteiger partial charge in [0.25, 0.3) is 0 Å². The van der Waals surface area contributed by atoms with Crippen molar-refractivity contribution in [3.63, 3.8) is 0 Å². The number of halogens is 2. The molecule has 3 nitrogen and oxygen atoms in total. The van der Waals surface area contributed by atoms with Crippen LogP contribution in [-0.4, -0.2) is 16.6 Å². The predicted octanol–water partition coefficient (Wildman–Crippen LogP) is 3.11. The SMILES string of the molecule is Cc1csc(C(C)NCC(O)c2ccc(F)cc2F)n1. The Hall–Kier alpha value is -1.37. The van der Waals surface area contributed by atoms with Gasteiger partial charge in [-0.2, -0.15) is 0 Å². The second-order valence-electron chi connectivity index (χ2n) is 4.64. The minimum absolute atomic E-state index is 0.0353. The average Bonchev–Trinajstić information content (AvgIpc) is 2.82. The summed E-state index contributed by atoms with van der Waals surface area (Å²) in [6.07, 6.45) is -1.03. The highest BCUT2D eigenvalue weighted by atomic mass is 32.1. The summed E-state index contributed by atoms with van der Waals surface area (Å²) in [5, 5.41) is 15.9. The number of rotatable bonds is 5. The smallest absolute Gasteiger partial charge is 0.131 e. The molecule has 0 saturated carbocycles. The van der Waals surface area contributed by atoms with Gasteiger partial charge < -0.3 is 10.4 Å². The molecule has 1 aromatic heterocycles. The quantitative estimate of drug-likeness (QED) is 0.891. The maximum atomic E-state index is 13.5. The second kappa shape index (κ2) is 6.39. The van der Waals surface area contributed by atoms with E-state index in [1.54, 1.807) is 0 Å². The Morgan fingerprint density at radius 1 is 1.40 bits per heavy atom. The molecule has 2 atom stereocenters. The van der Waals surface area contributed by atoms with Gasteiger partial charge in [0.2, 0.25) is 0 Å². The molecule has 1 heterocycles. The lowest BCUT2D eigenvalue weighted by Crippen LogP contribution is -2.25. The van der Waals surface area contributed by atoms with Crippen molar-refractivity contribution in [3.8, 4) is 0 Å². The van der Waals surface area contributed by atoms with E-state index in [1.165, 1.54) is 17.4 Å². The minimum Gasteiger partial charge on any atom is -0.387 e. The molecule has 0 aliphatic rings. The van der Waals surface area contributed by atoms with E-state index in [2.05, 4.69) is 10.3 Å². The number of thiazole rings is 1. The highest BCUT2D eigenvalue weighted by Gasteiger charge is 2.16. The van der Waals surface area contributed by atoms with E-state index in [1.807, 2.05) is 19.2 Å². The van der Waals surface area contributed by atoms with Gasteiger partial charge in [-0.1, -0.05) is 6.07 Å². The Morgan fingerprint density at radius 2 is 2.15 bits per heavy atom. The third kappa shape index (κ3) is 3.59. The van der Waals surface area contributed by atoms with Gasteiger partial charge in [-0.3, -0.25) is 0 Å². The minimum atomic E-state index is -1.03. The molecule has 2 aromatic rings. The summed E-state index contributed by atoms with van der Waals surface area (Å²) in [5.74, 6) is -1.39. The molecular weight excluding hydrogens is 282 g/mol. The Balaban J connectivity index is 1.96. The van der Waals surface area contributed by atoms with Gasteiger partial charge in [0.05, 0.1) is 12.1 Å². The number of nitrogens with one attached hydrogen (secondary N) is 1. The monoisotopic (exact) mass is 298 g/mol. The van der Waals surface area contributed by atoms with Crippen LogP contribution in [0.25, 0.3) is 0 Å². The van der Waals surface area contributed by atoms with Gasteiger partial charge in [0.15, 0.2) is 0 Å². The van der Waals surface area contributed by atoms with E-state index < -0.39 is 17.7 Å². The number of nitrogens with zero attached hydrogens (tertiary/aromatic N) is 1. The van der Waals surface area contributed by atoms with Crippen LogP contribution in [0.2, 0.25) is 0 Å². The van der Waals surface area contributed by atoms with Crippen LogP contribution in [0.4, 0.5) is 8.78 Å². The summed E-state index contributed by atoms with van der Waals surface area (Å²) in [7, 11) is 0. The molecule has 2 N–H and O–H groups in total. The summed E-state index contributed by atoms with van der Waals surface area (Å²) in [6, 6.07) is 3.13. The van der Waals surface area contributed by atoms with Crippen molar-refractivity contribution in [1.29, 1.82) is 0 Å². The molecule has 6 heteroatoms. The van der Waals surface area contributed by atoms with Crippen LogP contribution in [0.1, 0.15) is 35.3 Å². The zero-order valence-electron chi connectivity index (χ0n) is 11.2. The normalized spacial score (nSPS) is 14.2. The van der Waals surface area contributed by atoms with Gasteiger partial charge in [-0.15, -0.1) is 11.3 Å². The number of hydrogen-bond acceptors (Lipinski definition) is 4. The van der Waals surface area contributed by atoms with E-state index in [0.29, 0.717) is 0 Å². The van der Waals surface area contributed by atoms with E-state index in [9.17, 15) is 13.9 Å². The van der Waals surface area contributed by atoms with E-state index in [0.717, 1.165) is 22.8 Å². The van der Waals surface area contributed by atoms with Crippen molar-refractivity contribution in [1.82, 2.24) is 10.3 Å². The van der Waals surface area contributed by atoms with Crippen molar-refractivity contribution >= 4 is 11.3 Å². The van der Waals surface area contributed by atoms with E-state index in [4.69, 9.17) is 0 Å². The van der Waals surface area contributed by atoms with Gasteiger partial charge >= 0.3 is 0 Å². The molecule has 0 aliphatic heterocycles. The van der Waals surface area contributed by atoms with Crippen LogP contribution >= 0.6 is 11.3 Å². The van der Waals surface area contributed by atoms with Crippen molar-refractivity contribution in [2.24, 2.45) is 0 Å². The first kappa shape index (κ1) is 15.0. The largest absolute Gasteiger partial charge is 0.387 e. The van der Waals surface area contributed by atoms with Crippen molar-refractivity contribution in [2.75, 3.05) is 6.54 Å². The number of hydrogen-bond donors (Lipinski definition) is 2. The van der Waals surface area contributed by atoms with Crippen LogP contribution in [0.5, 0.6) is 0 Å². The molecule has 20 heavy (non-hydrogen) atoms. The van der Waals surface area contributed by atoms with Gasteiger partial charge in [-0.25, -0.2) is 13.8 Å². The first-order valence-corrected chi connectivity index (χ1v) is 7.13. The molecule has 0 radical (unpaired) electrons. The zero-order chi connectivity index (χ0) is 14.7. The van der Waals surface area contributed by atoms with Crippen LogP contribution in [-0.2, 0) is 0 Å². The Labute approximate surface area is 120 Å². The van der Waals surface area contributed by atoms with Gasteiger partial charge in [0.1, 0.15) is 16.6 Å². The fourth-order valence-electron chi connectivity index (χ4n) is 1.83. The molecule has 0 aliphatic carbocycles. The van der Waals surface area contributed by atoms with E-state index >= 15 is 0 Å². The average molecular weight is 298 g/mol. The number of aliphatic hydroxyl groups excluding tert-OH is 1. The van der Waals surface area contributed by atoms with Gasteiger partial charge in [-0.05, 0) is 19.9 Å². The zero-order valence-corrected chi connectivity index (χ0v) is 12.0. The number of aliphatic hydroxyl groups is 1. The summed E-state index contributed by atoms with van der Waals surface area (Å²) in [4.78, 5) is 4.34. The Bertz CT molecular complexity index is 588. The lowest BCUT2D eigenvalue weighted by molar-refractivity contribution is 0.166. The van der Waals surface area contributed by atoms with E-state index in [-0.39, 0.29) is 18.2 Å². The first-order valence-electron chi connectivity index (χ1n) is 6.26. The predicted molar refractivity (Wildman–Crippen MR) is 74.6 cm³/mol. The third-order valence-corrected chi connectivity index (χ3v) is 4.09. The van der Waals surface area contributed by atoms with Crippen LogP contribution in [0.3, 0.4) is 0 Å².